The number of carbonyl (C=O) groups excluding carboxylic acids is 3. The molecule has 37 heavy (non-hydrogen) atoms. The van der Waals surface area contributed by atoms with Gasteiger partial charge >= 0.3 is 0 Å². The van der Waals surface area contributed by atoms with E-state index in [1.807, 2.05) is 59.7 Å². The molecule has 2 aliphatic heterocycles. The van der Waals surface area contributed by atoms with Gasteiger partial charge in [0.05, 0.1) is 11.4 Å². The molecule has 1 aromatic heterocycles. The number of hydrogen-bond donors (Lipinski definition) is 1. The predicted octanol–water partition coefficient (Wildman–Crippen LogP) is 3.97. The lowest BCUT2D eigenvalue weighted by Gasteiger charge is -2.21. The SMILES string of the molecule is CN(C(=O)c1ccccc1)c1ccc2c(c1)CC(=NC(=O)c1ccc(C3=CCN=C3)s1)N2CCC(N)=O. The summed E-state index contributed by atoms with van der Waals surface area (Å²) in [7, 11) is 1.73. The molecule has 0 spiro atoms. The van der Waals surface area contributed by atoms with Gasteiger partial charge in [-0.25, -0.2) is 0 Å². The molecule has 0 saturated heterocycles. The van der Waals surface area contributed by atoms with E-state index in [4.69, 9.17) is 5.73 Å². The fourth-order valence-electron chi connectivity index (χ4n) is 4.35. The Kier molecular flexibility index (Phi) is 6.78. The predicted molar refractivity (Wildman–Crippen MR) is 148 cm³/mol. The van der Waals surface area contributed by atoms with E-state index < -0.39 is 5.91 Å². The van der Waals surface area contributed by atoms with E-state index in [0.29, 0.717) is 35.8 Å². The van der Waals surface area contributed by atoms with Crippen molar-refractivity contribution in [3.63, 3.8) is 0 Å². The molecule has 3 aromatic rings. The number of nitrogens with zero attached hydrogens (tertiary/aromatic N) is 4. The Morgan fingerprint density at radius 3 is 2.65 bits per heavy atom. The molecule has 0 saturated carbocycles. The Labute approximate surface area is 218 Å². The molecule has 0 unspecified atom stereocenters. The van der Waals surface area contributed by atoms with E-state index in [2.05, 4.69) is 9.98 Å². The third kappa shape index (κ3) is 5.12. The number of fused-ring (bicyclic) bond motifs is 1. The van der Waals surface area contributed by atoms with E-state index in [-0.39, 0.29) is 18.2 Å². The molecule has 2 aromatic carbocycles. The van der Waals surface area contributed by atoms with Crippen molar-refractivity contribution in [2.45, 2.75) is 12.8 Å². The summed E-state index contributed by atoms with van der Waals surface area (Å²) < 4.78 is 0. The van der Waals surface area contributed by atoms with Gasteiger partial charge in [0.2, 0.25) is 5.91 Å². The van der Waals surface area contributed by atoms with Gasteiger partial charge < -0.3 is 15.5 Å². The summed E-state index contributed by atoms with van der Waals surface area (Å²) in [4.78, 5) is 51.2. The van der Waals surface area contributed by atoms with Crippen LogP contribution in [0.1, 0.15) is 36.9 Å². The lowest BCUT2D eigenvalue weighted by Crippen LogP contribution is -2.31. The molecule has 0 aliphatic carbocycles. The van der Waals surface area contributed by atoms with E-state index in [0.717, 1.165) is 27.4 Å². The first-order valence-electron chi connectivity index (χ1n) is 11.8. The van der Waals surface area contributed by atoms with Crippen LogP contribution in [0.25, 0.3) is 5.57 Å². The molecule has 8 nitrogen and oxygen atoms in total. The number of hydrogen-bond acceptors (Lipinski definition) is 5. The van der Waals surface area contributed by atoms with Crippen molar-refractivity contribution in [2.75, 3.05) is 29.9 Å². The Hall–Kier alpha value is -4.37. The number of rotatable bonds is 7. The van der Waals surface area contributed by atoms with E-state index in [9.17, 15) is 14.4 Å². The van der Waals surface area contributed by atoms with Crippen LogP contribution < -0.4 is 15.5 Å². The molecule has 3 heterocycles. The van der Waals surface area contributed by atoms with Gasteiger partial charge in [-0.05, 0) is 48.0 Å². The second-order valence-electron chi connectivity index (χ2n) is 8.74. The maximum Gasteiger partial charge on any atom is 0.288 e. The monoisotopic (exact) mass is 511 g/mol. The first-order valence-corrected chi connectivity index (χ1v) is 12.7. The lowest BCUT2D eigenvalue weighted by molar-refractivity contribution is -0.117. The number of anilines is 2. The summed E-state index contributed by atoms with van der Waals surface area (Å²) in [6, 6.07) is 18.4. The number of primary amides is 1. The van der Waals surface area contributed by atoms with Crippen LogP contribution in [-0.2, 0) is 11.2 Å². The second-order valence-corrected chi connectivity index (χ2v) is 9.82. The Bertz CT molecular complexity index is 1470. The van der Waals surface area contributed by atoms with Gasteiger partial charge in [-0.3, -0.25) is 19.4 Å². The Morgan fingerprint density at radius 1 is 1.11 bits per heavy atom. The molecule has 186 valence electrons. The molecule has 9 heteroatoms. The first kappa shape index (κ1) is 24.3. The minimum Gasteiger partial charge on any atom is -0.370 e. The van der Waals surface area contributed by atoms with Gasteiger partial charge in [-0.2, -0.15) is 4.99 Å². The highest BCUT2D eigenvalue weighted by Crippen LogP contribution is 2.34. The summed E-state index contributed by atoms with van der Waals surface area (Å²) >= 11 is 1.38. The molecule has 0 bridgehead atoms. The molecule has 0 atom stereocenters. The summed E-state index contributed by atoms with van der Waals surface area (Å²) in [6.07, 6.45) is 4.35. The third-order valence-electron chi connectivity index (χ3n) is 6.29. The minimum absolute atomic E-state index is 0.121. The number of carbonyl (C=O) groups is 3. The fraction of sp³-hybridized carbons (Fsp3) is 0.179. The van der Waals surface area contributed by atoms with E-state index in [1.165, 1.54) is 11.3 Å². The van der Waals surface area contributed by atoms with Crippen LogP contribution in [0.4, 0.5) is 11.4 Å². The van der Waals surface area contributed by atoms with Crippen LogP contribution in [0.15, 0.2) is 76.7 Å². The molecule has 5 rings (SSSR count). The van der Waals surface area contributed by atoms with Crippen molar-refractivity contribution in [1.29, 1.82) is 0 Å². The van der Waals surface area contributed by atoms with E-state index >= 15 is 0 Å². The smallest absolute Gasteiger partial charge is 0.288 e. The van der Waals surface area contributed by atoms with E-state index in [1.54, 1.807) is 30.1 Å². The van der Waals surface area contributed by atoms with Crippen LogP contribution in [0.2, 0.25) is 0 Å². The Morgan fingerprint density at radius 2 is 1.92 bits per heavy atom. The van der Waals surface area contributed by atoms with Gasteiger partial charge in [0.15, 0.2) is 0 Å². The number of allylic oxidation sites excluding steroid dienone is 1. The van der Waals surface area contributed by atoms with Gasteiger partial charge in [-0.1, -0.05) is 24.3 Å². The third-order valence-corrected chi connectivity index (χ3v) is 7.41. The largest absolute Gasteiger partial charge is 0.370 e. The summed E-state index contributed by atoms with van der Waals surface area (Å²) in [6.45, 7) is 0.964. The highest BCUT2D eigenvalue weighted by atomic mass is 32.1. The first-order chi connectivity index (χ1) is 17.9. The molecule has 0 radical (unpaired) electrons. The highest BCUT2D eigenvalue weighted by Gasteiger charge is 2.28. The zero-order valence-electron chi connectivity index (χ0n) is 20.3. The molecule has 0 fully saturated rings. The molecular formula is C28H25N5O3S. The number of amides is 3. The maximum atomic E-state index is 13.1. The fourth-order valence-corrected chi connectivity index (χ4v) is 5.25. The van der Waals surface area contributed by atoms with Crippen LogP contribution in [0.3, 0.4) is 0 Å². The Balaban J connectivity index is 1.41. The van der Waals surface area contributed by atoms with Crippen LogP contribution >= 0.6 is 11.3 Å². The average molecular weight is 512 g/mol. The van der Waals surface area contributed by atoms with Gasteiger partial charge in [0, 0.05) is 60.0 Å². The number of thiophene rings is 1. The summed E-state index contributed by atoms with van der Waals surface area (Å²) in [5, 5.41) is 0. The number of benzene rings is 2. The standard InChI is InChI=1S/C28H25N5O3S/c1-32(28(36)18-5-3-2-4-6-18)21-7-8-22-20(15-21)16-26(33(22)14-12-25(29)34)31-27(35)24-10-9-23(37-24)19-11-13-30-17-19/h2-11,15,17H,12-14,16H2,1H3,(H2,29,34). The zero-order valence-corrected chi connectivity index (χ0v) is 21.1. The van der Waals surface area contributed by atoms with Crippen LogP contribution in [0, 0.1) is 0 Å². The van der Waals surface area contributed by atoms with Crippen molar-refractivity contribution in [3.8, 4) is 0 Å². The average Bonchev–Trinajstić information content (AvgIpc) is 3.66. The molecule has 3 amide bonds. The zero-order chi connectivity index (χ0) is 25.9. The van der Waals surface area contributed by atoms with Crippen LogP contribution in [-0.4, -0.2) is 49.9 Å². The summed E-state index contributed by atoms with van der Waals surface area (Å²) in [5.41, 5.74) is 9.50. The number of amidine groups is 1. The second kappa shape index (κ2) is 10.3. The van der Waals surface area contributed by atoms with Gasteiger partial charge in [-0.15, -0.1) is 11.3 Å². The van der Waals surface area contributed by atoms with Crippen molar-refractivity contribution in [1.82, 2.24) is 0 Å². The quantitative estimate of drug-likeness (QED) is 0.518. The minimum atomic E-state index is -0.432. The van der Waals surface area contributed by atoms with Crippen molar-refractivity contribution >= 4 is 58.1 Å². The summed E-state index contributed by atoms with van der Waals surface area (Å²) in [5.74, 6) is -0.343. The molecule has 2 aliphatic rings. The van der Waals surface area contributed by atoms with Gasteiger partial charge in [0.1, 0.15) is 5.84 Å². The highest BCUT2D eigenvalue weighted by molar-refractivity contribution is 7.15. The van der Waals surface area contributed by atoms with Crippen molar-refractivity contribution in [3.05, 3.63) is 87.6 Å². The van der Waals surface area contributed by atoms with Gasteiger partial charge in [0.25, 0.3) is 11.8 Å². The topological polar surface area (TPSA) is 108 Å². The lowest BCUT2D eigenvalue weighted by atomic mass is 10.1. The molecular weight excluding hydrogens is 486 g/mol. The van der Waals surface area contributed by atoms with Crippen LogP contribution in [0.5, 0.6) is 0 Å². The molecule has 2 N–H and O–H groups in total. The maximum absolute atomic E-state index is 13.1. The normalized spacial score (nSPS) is 15.1. The van der Waals surface area contributed by atoms with Crippen molar-refractivity contribution < 1.29 is 14.4 Å². The number of aliphatic imine (C=N–C) groups is 2. The van der Waals surface area contributed by atoms with Crippen molar-refractivity contribution in [2.24, 2.45) is 15.7 Å². The number of nitrogens with two attached hydrogens (primary N) is 1.